The average molecular weight is 369 g/mol. The predicted octanol–water partition coefficient (Wildman–Crippen LogP) is 4.07. The van der Waals surface area contributed by atoms with Gasteiger partial charge in [-0.3, -0.25) is 9.20 Å². The number of benzene rings is 1. The Hall–Kier alpha value is -2.40. The van der Waals surface area contributed by atoms with E-state index in [0.29, 0.717) is 10.8 Å². The normalized spacial score (nSPS) is 16.8. The van der Waals surface area contributed by atoms with E-state index in [-0.39, 0.29) is 11.9 Å². The van der Waals surface area contributed by atoms with Gasteiger partial charge in [-0.1, -0.05) is 37.1 Å². The number of nitrogens with zero attached hydrogens (tertiary/aromatic N) is 3. The van der Waals surface area contributed by atoms with Crippen molar-refractivity contribution in [1.82, 2.24) is 19.7 Å². The van der Waals surface area contributed by atoms with Crippen molar-refractivity contribution in [2.45, 2.75) is 44.1 Å². The van der Waals surface area contributed by atoms with Gasteiger partial charge in [0.2, 0.25) is 11.7 Å². The summed E-state index contributed by atoms with van der Waals surface area (Å²) in [7, 11) is 0. The number of fused-ring (bicyclic) bond motifs is 1. The second kappa shape index (κ2) is 6.72. The number of carbonyl (C=O) groups excluding carboxylic acids is 1. The lowest BCUT2D eigenvalue weighted by Gasteiger charge is -2.41. The molecule has 2 aromatic heterocycles. The third-order valence-corrected chi connectivity index (χ3v) is 5.62. The van der Waals surface area contributed by atoms with Crippen molar-refractivity contribution in [3.63, 3.8) is 0 Å². The molecule has 134 valence electrons. The van der Waals surface area contributed by atoms with Gasteiger partial charge in [-0.2, -0.15) is 0 Å². The molecular weight excluding hydrogens is 348 g/mol. The molecule has 5 nitrogen and oxygen atoms in total. The molecule has 0 spiro atoms. The van der Waals surface area contributed by atoms with Gasteiger partial charge in [-0.25, -0.2) is 9.97 Å². The standard InChI is InChI=1S/C20H21ClN4O/c1-2-16(17-13-25-12-4-11-22-19(25)24-17)23-18(26)20(9-3-10-20)14-5-7-15(21)8-6-14/h4-8,11-13,16H,2-3,9-10H2,1H3,(H,23,26)/t16-/m1/s1. The number of carbonyl (C=O) groups is 1. The van der Waals surface area contributed by atoms with Crippen LogP contribution in [0.3, 0.4) is 0 Å². The van der Waals surface area contributed by atoms with E-state index in [2.05, 4.69) is 22.2 Å². The molecule has 1 amide bonds. The van der Waals surface area contributed by atoms with Crippen LogP contribution in [0.25, 0.3) is 5.78 Å². The first-order chi connectivity index (χ1) is 12.6. The van der Waals surface area contributed by atoms with Crippen molar-refractivity contribution < 1.29 is 4.79 Å². The molecule has 26 heavy (non-hydrogen) atoms. The van der Waals surface area contributed by atoms with E-state index >= 15 is 0 Å². The molecule has 1 aromatic carbocycles. The summed E-state index contributed by atoms with van der Waals surface area (Å²) in [5.41, 5.74) is 1.43. The number of hydrogen-bond acceptors (Lipinski definition) is 3. The first-order valence-electron chi connectivity index (χ1n) is 8.99. The van der Waals surface area contributed by atoms with Gasteiger partial charge in [0.05, 0.1) is 17.2 Å². The van der Waals surface area contributed by atoms with Gasteiger partial charge in [-0.15, -0.1) is 0 Å². The minimum atomic E-state index is -0.449. The summed E-state index contributed by atoms with van der Waals surface area (Å²) in [6, 6.07) is 9.38. The molecule has 2 heterocycles. The minimum absolute atomic E-state index is 0.0722. The molecule has 0 radical (unpaired) electrons. The Kier molecular flexibility index (Phi) is 4.41. The van der Waals surface area contributed by atoms with Crippen LogP contribution in [0.1, 0.15) is 49.9 Å². The fraction of sp³-hybridized carbons (Fsp3) is 0.350. The summed E-state index contributed by atoms with van der Waals surface area (Å²) >= 11 is 6.01. The number of halogens is 1. The Labute approximate surface area is 157 Å². The molecular formula is C20H21ClN4O. The van der Waals surface area contributed by atoms with E-state index in [1.807, 2.05) is 47.1 Å². The highest BCUT2D eigenvalue weighted by Crippen LogP contribution is 2.44. The Bertz CT molecular complexity index is 897. The minimum Gasteiger partial charge on any atom is -0.347 e. The quantitative estimate of drug-likeness (QED) is 0.738. The fourth-order valence-corrected chi connectivity index (χ4v) is 3.77. The predicted molar refractivity (Wildman–Crippen MR) is 101 cm³/mol. The van der Waals surface area contributed by atoms with Crippen LogP contribution in [0.15, 0.2) is 48.9 Å². The Morgan fingerprint density at radius 2 is 2.12 bits per heavy atom. The first kappa shape index (κ1) is 17.0. The molecule has 1 saturated carbocycles. The maximum atomic E-state index is 13.2. The second-order valence-electron chi connectivity index (χ2n) is 6.87. The van der Waals surface area contributed by atoms with Crippen LogP contribution in [0.5, 0.6) is 0 Å². The third kappa shape index (κ3) is 2.86. The topological polar surface area (TPSA) is 59.3 Å². The number of amides is 1. The van der Waals surface area contributed by atoms with E-state index in [1.54, 1.807) is 6.20 Å². The molecule has 0 unspecified atom stereocenters. The molecule has 3 aromatic rings. The van der Waals surface area contributed by atoms with Gasteiger partial charge in [-0.05, 0) is 43.0 Å². The van der Waals surface area contributed by atoms with Crippen LogP contribution in [0.4, 0.5) is 0 Å². The molecule has 0 bridgehead atoms. The van der Waals surface area contributed by atoms with Gasteiger partial charge in [0, 0.05) is 23.6 Å². The van der Waals surface area contributed by atoms with E-state index in [4.69, 9.17) is 11.6 Å². The summed E-state index contributed by atoms with van der Waals surface area (Å²) < 4.78 is 1.88. The lowest BCUT2D eigenvalue weighted by Crippen LogP contribution is -2.50. The van der Waals surface area contributed by atoms with Crippen LogP contribution in [0, 0.1) is 0 Å². The zero-order valence-corrected chi connectivity index (χ0v) is 15.4. The zero-order chi connectivity index (χ0) is 18.1. The lowest BCUT2D eigenvalue weighted by molar-refractivity contribution is -0.130. The van der Waals surface area contributed by atoms with Crippen molar-refractivity contribution in [1.29, 1.82) is 0 Å². The van der Waals surface area contributed by atoms with Gasteiger partial charge in [0.25, 0.3) is 0 Å². The molecule has 1 atom stereocenters. The van der Waals surface area contributed by atoms with Crippen molar-refractivity contribution >= 4 is 23.3 Å². The highest BCUT2D eigenvalue weighted by molar-refractivity contribution is 6.30. The Balaban J connectivity index is 1.59. The van der Waals surface area contributed by atoms with E-state index in [0.717, 1.165) is 36.9 Å². The number of rotatable bonds is 5. The van der Waals surface area contributed by atoms with Crippen molar-refractivity contribution in [3.05, 3.63) is 65.2 Å². The number of hydrogen-bond donors (Lipinski definition) is 1. The molecule has 1 aliphatic carbocycles. The van der Waals surface area contributed by atoms with Gasteiger partial charge >= 0.3 is 0 Å². The Morgan fingerprint density at radius 3 is 2.73 bits per heavy atom. The highest BCUT2D eigenvalue weighted by atomic mass is 35.5. The van der Waals surface area contributed by atoms with Crippen molar-refractivity contribution in [2.24, 2.45) is 0 Å². The third-order valence-electron chi connectivity index (χ3n) is 5.36. The van der Waals surface area contributed by atoms with Crippen LogP contribution in [-0.2, 0) is 10.2 Å². The number of aromatic nitrogens is 3. The highest BCUT2D eigenvalue weighted by Gasteiger charge is 2.46. The average Bonchev–Trinajstić information content (AvgIpc) is 3.04. The van der Waals surface area contributed by atoms with Gasteiger partial charge in [0.1, 0.15) is 0 Å². The molecule has 6 heteroatoms. The van der Waals surface area contributed by atoms with Crippen LogP contribution < -0.4 is 5.32 Å². The summed E-state index contributed by atoms with van der Waals surface area (Å²) in [5.74, 6) is 0.717. The molecule has 4 rings (SSSR count). The maximum Gasteiger partial charge on any atom is 0.233 e. The summed E-state index contributed by atoms with van der Waals surface area (Å²) in [4.78, 5) is 22.0. The summed E-state index contributed by atoms with van der Waals surface area (Å²) in [5, 5.41) is 3.91. The smallest absolute Gasteiger partial charge is 0.233 e. The number of imidazole rings is 1. The van der Waals surface area contributed by atoms with Crippen LogP contribution in [0.2, 0.25) is 5.02 Å². The molecule has 1 fully saturated rings. The molecule has 1 aliphatic rings. The lowest BCUT2D eigenvalue weighted by atomic mass is 9.63. The maximum absolute atomic E-state index is 13.2. The first-order valence-corrected chi connectivity index (χ1v) is 9.37. The molecule has 1 N–H and O–H groups in total. The molecule has 0 aliphatic heterocycles. The van der Waals surface area contributed by atoms with E-state index < -0.39 is 5.41 Å². The van der Waals surface area contributed by atoms with Gasteiger partial charge in [0.15, 0.2) is 0 Å². The summed E-state index contributed by atoms with van der Waals surface area (Å²) in [6.07, 6.45) is 9.13. The van der Waals surface area contributed by atoms with Crippen molar-refractivity contribution in [3.8, 4) is 0 Å². The second-order valence-corrected chi connectivity index (χ2v) is 7.31. The van der Waals surface area contributed by atoms with Crippen molar-refractivity contribution in [2.75, 3.05) is 0 Å². The van der Waals surface area contributed by atoms with E-state index in [9.17, 15) is 4.79 Å². The molecule has 0 saturated heterocycles. The Morgan fingerprint density at radius 1 is 1.35 bits per heavy atom. The SMILES string of the molecule is CC[C@@H](NC(=O)C1(c2ccc(Cl)cc2)CCC1)c1cn2cccnc2n1. The van der Waals surface area contributed by atoms with Crippen LogP contribution in [-0.4, -0.2) is 20.3 Å². The fourth-order valence-electron chi connectivity index (χ4n) is 3.64. The summed E-state index contributed by atoms with van der Waals surface area (Å²) in [6.45, 7) is 2.05. The monoisotopic (exact) mass is 368 g/mol. The zero-order valence-electron chi connectivity index (χ0n) is 14.7. The van der Waals surface area contributed by atoms with Gasteiger partial charge < -0.3 is 5.32 Å². The van der Waals surface area contributed by atoms with Crippen LogP contribution >= 0.6 is 11.6 Å². The largest absolute Gasteiger partial charge is 0.347 e. The number of nitrogens with one attached hydrogen (secondary N) is 1. The van der Waals surface area contributed by atoms with E-state index in [1.165, 1.54) is 0 Å².